The summed E-state index contributed by atoms with van der Waals surface area (Å²) in [7, 11) is 0. The van der Waals surface area contributed by atoms with E-state index in [0.29, 0.717) is 19.4 Å². The van der Waals surface area contributed by atoms with Gasteiger partial charge in [0.05, 0.1) is 0 Å². The molecule has 5 N–H and O–H groups in total. The summed E-state index contributed by atoms with van der Waals surface area (Å²) in [6, 6.07) is 0. The molecule has 1 atom stereocenters. The molecule has 0 rings (SSSR count). The molecule has 0 aromatic heterocycles. The molecular weight excluding hydrogens is 292 g/mol. The monoisotopic (exact) mass is 328 g/mol. The van der Waals surface area contributed by atoms with Gasteiger partial charge in [0.1, 0.15) is 0 Å². The van der Waals surface area contributed by atoms with Crippen LogP contribution in [0.1, 0.15) is 90.4 Å². The van der Waals surface area contributed by atoms with E-state index in [1.54, 1.807) is 0 Å². The number of ketones is 1. The molecule has 0 fully saturated rings. The Morgan fingerprint density at radius 3 is 1.87 bits per heavy atom. The molecule has 1 unspecified atom stereocenters. The fourth-order valence-electron chi connectivity index (χ4n) is 2.73. The highest BCUT2D eigenvalue weighted by molar-refractivity contribution is 6.07. The lowest BCUT2D eigenvalue weighted by Gasteiger charge is -2.23. The maximum Gasteiger partial charge on any atom is 0.331 e. The first kappa shape index (κ1) is 22.1. The molecule has 0 saturated carbocycles. The number of carboxylic acid groups (broad SMARTS) is 1. The Hall–Kier alpha value is -0.940. The van der Waals surface area contributed by atoms with Crippen LogP contribution in [0, 0.1) is 0 Å². The molecule has 5 nitrogen and oxygen atoms in total. The second kappa shape index (κ2) is 13.5. The first-order valence-electron chi connectivity index (χ1n) is 9.24. The molecule has 0 spiro atoms. The first-order valence-corrected chi connectivity index (χ1v) is 9.24. The van der Waals surface area contributed by atoms with Crippen LogP contribution in [0.3, 0.4) is 0 Å². The molecule has 136 valence electrons. The van der Waals surface area contributed by atoms with Crippen LogP contribution >= 0.6 is 0 Å². The van der Waals surface area contributed by atoms with Crippen LogP contribution < -0.4 is 11.5 Å². The van der Waals surface area contributed by atoms with Crippen molar-refractivity contribution in [2.75, 3.05) is 6.54 Å². The zero-order valence-corrected chi connectivity index (χ0v) is 14.8. The fourth-order valence-corrected chi connectivity index (χ4v) is 2.73. The largest absolute Gasteiger partial charge is 0.480 e. The minimum Gasteiger partial charge on any atom is -0.480 e. The number of rotatable bonds is 16. The maximum absolute atomic E-state index is 12.2. The first-order chi connectivity index (χ1) is 11.0. The third-order valence-electron chi connectivity index (χ3n) is 4.41. The second-order valence-corrected chi connectivity index (χ2v) is 6.52. The van der Waals surface area contributed by atoms with E-state index in [9.17, 15) is 14.7 Å². The van der Waals surface area contributed by atoms with E-state index in [1.807, 2.05) is 0 Å². The van der Waals surface area contributed by atoms with Crippen LogP contribution in [-0.2, 0) is 9.59 Å². The minimum atomic E-state index is -1.73. The number of aliphatic carboxylic acids is 1. The Morgan fingerprint density at radius 2 is 1.39 bits per heavy atom. The van der Waals surface area contributed by atoms with E-state index in [2.05, 4.69) is 6.92 Å². The average molecular weight is 328 g/mol. The lowest BCUT2D eigenvalue weighted by atomic mass is 9.86. The summed E-state index contributed by atoms with van der Waals surface area (Å²) >= 11 is 0. The average Bonchev–Trinajstić information content (AvgIpc) is 2.52. The van der Waals surface area contributed by atoms with Crippen molar-refractivity contribution in [3.63, 3.8) is 0 Å². The number of hydrogen-bond donors (Lipinski definition) is 3. The number of hydrogen-bond acceptors (Lipinski definition) is 4. The summed E-state index contributed by atoms with van der Waals surface area (Å²) in [6.07, 6.45) is 12.1. The molecule has 0 amide bonds. The second-order valence-electron chi connectivity index (χ2n) is 6.52. The van der Waals surface area contributed by atoms with Gasteiger partial charge in [-0.05, 0) is 32.2 Å². The van der Waals surface area contributed by atoms with Gasteiger partial charge in [-0.3, -0.25) is 4.79 Å². The molecule has 0 bridgehead atoms. The van der Waals surface area contributed by atoms with Crippen molar-refractivity contribution in [2.45, 2.75) is 95.9 Å². The Morgan fingerprint density at radius 1 is 0.870 bits per heavy atom. The lowest BCUT2D eigenvalue weighted by Crippen LogP contribution is -2.54. The molecule has 5 heteroatoms. The van der Waals surface area contributed by atoms with Crippen molar-refractivity contribution in [3.05, 3.63) is 0 Å². The van der Waals surface area contributed by atoms with Gasteiger partial charge in [-0.2, -0.15) is 0 Å². The van der Waals surface area contributed by atoms with Crippen LogP contribution in [0.15, 0.2) is 0 Å². The van der Waals surface area contributed by atoms with Gasteiger partial charge in [-0.15, -0.1) is 0 Å². The topological polar surface area (TPSA) is 106 Å². The van der Waals surface area contributed by atoms with Crippen LogP contribution in [0.4, 0.5) is 0 Å². The standard InChI is InChI=1S/C18H36N2O3/c1-2-3-4-5-6-7-8-9-10-13-16(21)18(20,17(22)23)14-11-12-15-19/h2-15,19-20H2,1H3,(H,22,23). The Kier molecular flexibility index (Phi) is 12.9. The van der Waals surface area contributed by atoms with Gasteiger partial charge >= 0.3 is 5.97 Å². The molecule has 0 aliphatic rings. The predicted octanol–water partition coefficient (Wildman–Crippen LogP) is 3.39. The lowest BCUT2D eigenvalue weighted by molar-refractivity contribution is -0.148. The molecular formula is C18H36N2O3. The SMILES string of the molecule is CCCCCCCCCCCC(=O)C(N)(CCCCN)C(=O)O. The van der Waals surface area contributed by atoms with Crippen molar-refractivity contribution in [1.29, 1.82) is 0 Å². The normalized spacial score (nSPS) is 13.7. The minimum absolute atomic E-state index is 0.176. The Balaban J connectivity index is 3.89. The molecule has 0 aliphatic carbocycles. The van der Waals surface area contributed by atoms with Crippen molar-refractivity contribution >= 4 is 11.8 Å². The third-order valence-corrected chi connectivity index (χ3v) is 4.41. The van der Waals surface area contributed by atoms with Crippen molar-refractivity contribution < 1.29 is 14.7 Å². The van der Waals surface area contributed by atoms with Gasteiger partial charge in [0.2, 0.25) is 0 Å². The van der Waals surface area contributed by atoms with E-state index in [-0.39, 0.29) is 18.6 Å². The van der Waals surface area contributed by atoms with E-state index >= 15 is 0 Å². The summed E-state index contributed by atoms with van der Waals surface area (Å²) < 4.78 is 0. The van der Waals surface area contributed by atoms with Gasteiger partial charge in [0, 0.05) is 6.42 Å². The van der Waals surface area contributed by atoms with E-state index < -0.39 is 11.5 Å². The van der Waals surface area contributed by atoms with Crippen molar-refractivity contribution in [2.24, 2.45) is 11.5 Å². The number of carbonyl (C=O) groups is 2. The van der Waals surface area contributed by atoms with E-state index in [0.717, 1.165) is 19.3 Å². The van der Waals surface area contributed by atoms with Crippen LogP contribution in [0.25, 0.3) is 0 Å². The van der Waals surface area contributed by atoms with Gasteiger partial charge in [0.15, 0.2) is 11.3 Å². The number of carbonyl (C=O) groups excluding carboxylic acids is 1. The van der Waals surface area contributed by atoms with Crippen molar-refractivity contribution in [3.8, 4) is 0 Å². The van der Waals surface area contributed by atoms with Gasteiger partial charge in [0.25, 0.3) is 0 Å². The zero-order valence-electron chi connectivity index (χ0n) is 14.8. The van der Waals surface area contributed by atoms with Gasteiger partial charge in [-0.1, -0.05) is 58.3 Å². The molecule has 0 heterocycles. The zero-order chi connectivity index (χ0) is 17.6. The van der Waals surface area contributed by atoms with Crippen LogP contribution in [-0.4, -0.2) is 28.9 Å². The summed E-state index contributed by atoms with van der Waals surface area (Å²) in [5, 5.41) is 9.27. The number of unbranched alkanes of at least 4 members (excludes halogenated alkanes) is 9. The van der Waals surface area contributed by atoms with E-state index in [4.69, 9.17) is 11.5 Å². The fraction of sp³-hybridized carbons (Fsp3) is 0.889. The molecule has 0 aliphatic heterocycles. The van der Waals surface area contributed by atoms with Crippen LogP contribution in [0.2, 0.25) is 0 Å². The number of carboxylic acids is 1. The predicted molar refractivity (Wildman–Crippen MR) is 94.3 cm³/mol. The summed E-state index contributed by atoms with van der Waals surface area (Å²) in [6.45, 7) is 2.70. The third kappa shape index (κ3) is 9.72. The Labute approximate surface area is 141 Å². The highest BCUT2D eigenvalue weighted by atomic mass is 16.4. The van der Waals surface area contributed by atoms with Gasteiger partial charge in [-0.25, -0.2) is 4.79 Å². The molecule has 0 aromatic carbocycles. The molecule has 23 heavy (non-hydrogen) atoms. The van der Waals surface area contributed by atoms with Gasteiger partial charge < -0.3 is 16.6 Å². The summed E-state index contributed by atoms with van der Waals surface area (Å²) in [5.74, 6) is -1.56. The summed E-state index contributed by atoms with van der Waals surface area (Å²) in [4.78, 5) is 23.5. The quantitative estimate of drug-likeness (QED) is 0.297. The smallest absolute Gasteiger partial charge is 0.331 e. The van der Waals surface area contributed by atoms with Crippen LogP contribution in [0.5, 0.6) is 0 Å². The molecule has 0 saturated heterocycles. The number of Topliss-reactive ketones (excluding diaryl/α,β-unsaturated/α-hetero) is 1. The van der Waals surface area contributed by atoms with Crippen molar-refractivity contribution in [1.82, 2.24) is 0 Å². The maximum atomic E-state index is 12.2. The molecule has 0 radical (unpaired) electrons. The number of nitrogens with two attached hydrogens (primary N) is 2. The highest BCUT2D eigenvalue weighted by Crippen LogP contribution is 2.18. The highest BCUT2D eigenvalue weighted by Gasteiger charge is 2.40. The Bertz CT molecular complexity index is 334. The molecule has 0 aromatic rings. The van der Waals surface area contributed by atoms with E-state index in [1.165, 1.54) is 38.5 Å². The summed E-state index contributed by atoms with van der Waals surface area (Å²) in [5.41, 5.74) is 9.52.